The Bertz CT molecular complexity index is 917. The average molecular weight is 380 g/mol. The van der Waals surface area contributed by atoms with Crippen LogP contribution in [-0.2, 0) is 22.7 Å². The second-order valence-corrected chi connectivity index (χ2v) is 7.82. The van der Waals surface area contributed by atoms with E-state index in [0.29, 0.717) is 26.1 Å². The van der Waals surface area contributed by atoms with Crippen LogP contribution in [0.25, 0.3) is 0 Å². The van der Waals surface area contributed by atoms with Crippen molar-refractivity contribution in [2.45, 2.75) is 32.4 Å². The quantitative estimate of drug-likeness (QED) is 0.801. The van der Waals surface area contributed by atoms with Crippen LogP contribution in [0.1, 0.15) is 24.8 Å². The van der Waals surface area contributed by atoms with E-state index in [0.717, 1.165) is 24.9 Å². The lowest BCUT2D eigenvalue weighted by Gasteiger charge is -2.38. The van der Waals surface area contributed by atoms with E-state index in [1.807, 2.05) is 35.2 Å². The smallest absolute Gasteiger partial charge is 0.341 e. The molecule has 0 radical (unpaired) electrons. The van der Waals surface area contributed by atoms with Crippen LogP contribution in [-0.4, -0.2) is 50.8 Å². The van der Waals surface area contributed by atoms with E-state index in [4.69, 9.17) is 0 Å². The van der Waals surface area contributed by atoms with Crippen molar-refractivity contribution in [3.8, 4) is 0 Å². The molecule has 4 rings (SSSR count). The van der Waals surface area contributed by atoms with Crippen molar-refractivity contribution in [2.75, 3.05) is 19.6 Å². The number of hydrogen-bond acceptors (Lipinski definition) is 4. The first-order chi connectivity index (χ1) is 13.5. The Labute approximate surface area is 163 Å². The summed E-state index contributed by atoms with van der Waals surface area (Å²) in [5, 5.41) is 0. The Kier molecular flexibility index (Phi) is 4.98. The Morgan fingerprint density at radius 2 is 1.82 bits per heavy atom. The van der Waals surface area contributed by atoms with E-state index in [9.17, 15) is 14.4 Å². The van der Waals surface area contributed by atoms with Crippen LogP contribution in [0.5, 0.6) is 0 Å². The monoisotopic (exact) mass is 380 g/mol. The molecule has 2 amide bonds. The molecule has 2 aliphatic rings. The van der Waals surface area contributed by atoms with Crippen molar-refractivity contribution in [2.24, 2.45) is 5.41 Å². The number of amides is 2. The molecule has 1 spiro atoms. The molecule has 0 aliphatic carbocycles. The highest BCUT2D eigenvalue weighted by atomic mass is 16.2. The maximum Gasteiger partial charge on any atom is 0.347 e. The predicted octanol–water partition coefficient (Wildman–Crippen LogP) is 1.28. The van der Waals surface area contributed by atoms with Gasteiger partial charge in [0.25, 0.3) is 0 Å². The fraction of sp³-hybridized carbons (Fsp3) is 0.429. The maximum absolute atomic E-state index is 12.6. The van der Waals surface area contributed by atoms with Crippen molar-refractivity contribution in [3.05, 3.63) is 64.8 Å². The molecular formula is C21H24N4O3. The normalized spacial score (nSPS) is 18.6. The second-order valence-electron chi connectivity index (χ2n) is 7.82. The van der Waals surface area contributed by atoms with E-state index in [2.05, 4.69) is 4.98 Å². The average Bonchev–Trinajstić information content (AvgIpc) is 2.99. The Morgan fingerprint density at radius 1 is 1.07 bits per heavy atom. The van der Waals surface area contributed by atoms with Crippen LogP contribution >= 0.6 is 0 Å². The molecule has 7 nitrogen and oxygen atoms in total. The number of carbonyl (C=O) groups is 2. The SMILES string of the molecule is O=C(Cn1cccnc1=O)N1CCC2(CC1)CC(=O)N(Cc1ccccc1)C2. The third kappa shape index (κ3) is 3.83. The lowest BCUT2D eigenvalue weighted by Crippen LogP contribution is -2.46. The largest absolute Gasteiger partial charge is 0.347 e. The Hall–Kier alpha value is -2.96. The molecule has 1 aromatic heterocycles. The van der Waals surface area contributed by atoms with Crippen molar-refractivity contribution in [1.29, 1.82) is 0 Å². The van der Waals surface area contributed by atoms with Gasteiger partial charge in [-0.3, -0.25) is 14.2 Å². The first kappa shape index (κ1) is 18.4. The molecule has 28 heavy (non-hydrogen) atoms. The number of hydrogen-bond donors (Lipinski definition) is 0. The molecule has 0 saturated carbocycles. The highest BCUT2D eigenvalue weighted by Gasteiger charge is 2.45. The van der Waals surface area contributed by atoms with Gasteiger partial charge in [-0.1, -0.05) is 30.3 Å². The van der Waals surface area contributed by atoms with Crippen molar-refractivity contribution < 1.29 is 9.59 Å². The lowest BCUT2D eigenvalue weighted by molar-refractivity contribution is -0.134. The van der Waals surface area contributed by atoms with Gasteiger partial charge < -0.3 is 9.80 Å². The number of carbonyl (C=O) groups excluding carboxylic acids is 2. The van der Waals surface area contributed by atoms with Crippen LogP contribution in [0.2, 0.25) is 0 Å². The van der Waals surface area contributed by atoms with Gasteiger partial charge in [0.1, 0.15) is 6.54 Å². The van der Waals surface area contributed by atoms with Crippen LogP contribution in [0, 0.1) is 5.41 Å². The van der Waals surface area contributed by atoms with Gasteiger partial charge in [0.15, 0.2) is 0 Å². The summed E-state index contributed by atoms with van der Waals surface area (Å²) < 4.78 is 1.33. The molecule has 0 N–H and O–H groups in total. The molecule has 0 atom stereocenters. The number of piperidine rings is 1. The van der Waals surface area contributed by atoms with E-state index in [1.165, 1.54) is 10.8 Å². The van der Waals surface area contributed by atoms with Crippen LogP contribution < -0.4 is 5.69 Å². The van der Waals surface area contributed by atoms with E-state index < -0.39 is 5.69 Å². The highest BCUT2D eigenvalue weighted by Crippen LogP contribution is 2.41. The van der Waals surface area contributed by atoms with E-state index in [-0.39, 0.29) is 23.8 Å². The molecule has 1 aromatic carbocycles. The van der Waals surface area contributed by atoms with Gasteiger partial charge in [0, 0.05) is 50.4 Å². The van der Waals surface area contributed by atoms with Crippen molar-refractivity contribution in [3.63, 3.8) is 0 Å². The van der Waals surface area contributed by atoms with Crippen LogP contribution in [0.3, 0.4) is 0 Å². The fourth-order valence-electron chi connectivity index (χ4n) is 4.25. The third-order valence-electron chi connectivity index (χ3n) is 5.89. The lowest BCUT2D eigenvalue weighted by atomic mass is 9.77. The van der Waals surface area contributed by atoms with Gasteiger partial charge in [-0.15, -0.1) is 0 Å². The van der Waals surface area contributed by atoms with Gasteiger partial charge in [-0.25, -0.2) is 9.78 Å². The molecule has 0 bridgehead atoms. The van der Waals surface area contributed by atoms with Gasteiger partial charge in [0.05, 0.1) is 0 Å². The fourth-order valence-corrected chi connectivity index (χ4v) is 4.25. The molecule has 2 aromatic rings. The zero-order valence-electron chi connectivity index (χ0n) is 15.8. The molecule has 2 fully saturated rings. The van der Waals surface area contributed by atoms with Gasteiger partial charge in [-0.05, 0) is 24.5 Å². The molecule has 2 saturated heterocycles. The van der Waals surface area contributed by atoms with Gasteiger partial charge >= 0.3 is 5.69 Å². The van der Waals surface area contributed by atoms with E-state index in [1.54, 1.807) is 17.2 Å². The summed E-state index contributed by atoms with van der Waals surface area (Å²) in [5.41, 5.74) is 0.693. The summed E-state index contributed by atoms with van der Waals surface area (Å²) in [6.45, 7) is 2.66. The summed E-state index contributed by atoms with van der Waals surface area (Å²) >= 11 is 0. The number of aromatic nitrogens is 2. The standard InChI is InChI=1S/C21H24N4O3/c26-18-13-21(16-25(18)14-17-5-2-1-3-6-17)7-11-23(12-8-21)19(27)15-24-10-4-9-22-20(24)28/h1-6,9-10H,7-8,11-16H2. The molecule has 0 unspecified atom stereocenters. The number of nitrogens with zero attached hydrogens (tertiary/aromatic N) is 4. The van der Waals surface area contributed by atoms with Crippen LogP contribution in [0.4, 0.5) is 0 Å². The van der Waals surface area contributed by atoms with Crippen molar-refractivity contribution >= 4 is 11.8 Å². The first-order valence-electron chi connectivity index (χ1n) is 9.66. The Morgan fingerprint density at radius 3 is 2.54 bits per heavy atom. The van der Waals surface area contributed by atoms with Crippen molar-refractivity contribution in [1.82, 2.24) is 19.4 Å². The zero-order chi connectivity index (χ0) is 19.6. The number of benzene rings is 1. The topological polar surface area (TPSA) is 75.5 Å². The highest BCUT2D eigenvalue weighted by molar-refractivity contribution is 5.80. The molecule has 2 aliphatic heterocycles. The summed E-state index contributed by atoms with van der Waals surface area (Å²) in [5.74, 6) is 0.126. The minimum Gasteiger partial charge on any atom is -0.341 e. The summed E-state index contributed by atoms with van der Waals surface area (Å²) in [6.07, 6.45) is 5.20. The minimum absolute atomic E-state index is 0.0126. The molecule has 3 heterocycles. The third-order valence-corrected chi connectivity index (χ3v) is 5.89. The summed E-state index contributed by atoms with van der Waals surface area (Å²) in [7, 11) is 0. The molecule has 7 heteroatoms. The maximum atomic E-state index is 12.6. The zero-order valence-corrected chi connectivity index (χ0v) is 15.8. The molecular weight excluding hydrogens is 356 g/mol. The molecule has 146 valence electrons. The minimum atomic E-state index is -0.415. The Balaban J connectivity index is 1.34. The second kappa shape index (κ2) is 7.58. The van der Waals surface area contributed by atoms with E-state index >= 15 is 0 Å². The van der Waals surface area contributed by atoms with Crippen LogP contribution in [0.15, 0.2) is 53.6 Å². The predicted molar refractivity (Wildman–Crippen MR) is 103 cm³/mol. The summed E-state index contributed by atoms with van der Waals surface area (Å²) in [6, 6.07) is 11.7. The number of rotatable bonds is 4. The van der Waals surface area contributed by atoms with Gasteiger partial charge in [0.2, 0.25) is 11.8 Å². The first-order valence-corrected chi connectivity index (χ1v) is 9.66. The number of likely N-dealkylation sites (tertiary alicyclic amines) is 2. The van der Waals surface area contributed by atoms with Gasteiger partial charge in [-0.2, -0.15) is 0 Å². The summed E-state index contributed by atoms with van der Waals surface area (Å²) in [4.78, 5) is 44.2.